The van der Waals surface area contributed by atoms with Crippen molar-refractivity contribution >= 4 is 43.6 Å². The maximum atomic E-state index is 14.3. The summed E-state index contributed by atoms with van der Waals surface area (Å²) in [4.78, 5) is 4.91. The van der Waals surface area contributed by atoms with Gasteiger partial charge in [-0.15, -0.1) is 0 Å². The summed E-state index contributed by atoms with van der Waals surface area (Å²) in [6.07, 6.45) is -9.31. The molecule has 262 valence electrons. The molecule has 0 aliphatic heterocycles. The highest BCUT2D eigenvalue weighted by Crippen LogP contribution is 2.43. The van der Waals surface area contributed by atoms with E-state index >= 15 is 0 Å². The second-order valence-electron chi connectivity index (χ2n) is 12.9. The Bertz CT molecular complexity index is 2980. The van der Waals surface area contributed by atoms with Gasteiger partial charge in [0.05, 0.1) is 67.6 Å². The summed E-state index contributed by atoms with van der Waals surface area (Å²) in [5.41, 5.74) is 2.90. The minimum absolute atomic E-state index is 0.168. The van der Waals surface area contributed by atoms with Gasteiger partial charge in [0.2, 0.25) is 0 Å². The van der Waals surface area contributed by atoms with Crippen molar-refractivity contribution in [2.45, 2.75) is 12.4 Å². The van der Waals surface area contributed by atoms with Gasteiger partial charge in [-0.3, -0.25) is 0 Å². The van der Waals surface area contributed by atoms with E-state index in [1.54, 1.807) is 75.9 Å². The minimum Gasteiger partial charge on any atom is -0.307 e. The Labute approximate surface area is 303 Å². The SMILES string of the molecule is N#Cc1cc(-n2c3ccccc3c3ccc(C(F)(F)F)cc32)c(-n2c3ccccc3c3ccc(C(F)(F)F)cc32)cc1-c1cccc(-c2ccccc2)n1. The van der Waals surface area contributed by atoms with Crippen LogP contribution >= 0.6 is 0 Å². The molecule has 0 amide bonds. The molecule has 0 radical (unpaired) electrons. The molecule has 0 saturated heterocycles. The number of nitriles is 1. The van der Waals surface area contributed by atoms with Crippen molar-refractivity contribution in [2.75, 3.05) is 0 Å². The number of fused-ring (bicyclic) bond motifs is 6. The van der Waals surface area contributed by atoms with Gasteiger partial charge >= 0.3 is 12.4 Å². The standard InChI is InChI=1S/C44H24F6N4/c45-43(46,47)28-17-19-32-30-11-4-6-15-37(30)53(39(32)22-28)41-21-27(25-51)34(36-14-8-13-35(52-36)26-9-2-1-3-10-26)24-42(41)54-38-16-7-5-12-31(38)33-20-18-29(23-40(33)54)44(48,49)50/h1-24H. The summed E-state index contributed by atoms with van der Waals surface area (Å²) in [5.74, 6) is 0. The Morgan fingerprint density at radius 1 is 0.463 bits per heavy atom. The lowest BCUT2D eigenvalue weighted by atomic mass is 10.0. The van der Waals surface area contributed by atoms with Crippen molar-refractivity contribution in [2.24, 2.45) is 0 Å². The predicted octanol–water partition coefficient (Wildman–Crippen LogP) is 12.5. The van der Waals surface area contributed by atoms with E-state index in [9.17, 15) is 31.6 Å². The van der Waals surface area contributed by atoms with Crippen molar-refractivity contribution in [3.05, 3.63) is 162 Å². The number of benzene rings is 6. The lowest BCUT2D eigenvalue weighted by Crippen LogP contribution is -2.08. The summed E-state index contributed by atoms with van der Waals surface area (Å²) < 4.78 is 89.0. The number of aromatic nitrogens is 3. The fraction of sp³-hybridized carbons (Fsp3) is 0.0455. The van der Waals surface area contributed by atoms with E-state index in [1.807, 2.05) is 42.5 Å². The van der Waals surface area contributed by atoms with Crippen LogP contribution in [-0.2, 0) is 12.4 Å². The topological polar surface area (TPSA) is 46.5 Å². The molecule has 0 N–H and O–H groups in total. The minimum atomic E-state index is -4.66. The fourth-order valence-electron chi connectivity index (χ4n) is 7.41. The summed E-state index contributed by atoms with van der Waals surface area (Å²) >= 11 is 0. The van der Waals surface area contributed by atoms with Crippen LogP contribution in [0.5, 0.6) is 0 Å². The van der Waals surface area contributed by atoms with Gasteiger partial charge in [0.15, 0.2) is 0 Å². The number of nitrogens with zero attached hydrogens (tertiary/aromatic N) is 4. The molecule has 0 bridgehead atoms. The molecule has 10 heteroatoms. The van der Waals surface area contributed by atoms with E-state index < -0.39 is 23.5 Å². The van der Waals surface area contributed by atoms with Gasteiger partial charge < -0.3 is 9.13 Å². The van der Waals surface area contributed by atoms with Crippen LogP contribution in [0.4, 0.5) is 26.3 Å². The number of halogens is 6. The highest BCUT2D eigenvalue weighted by atomic mass is 19.4. The van der Waals surface area contributed by atoms with Crippen molar-refractivity contribution < 1.29 is 26.3 Å². The molecule has 0 aliphatic rings. The Hall–Kier alpha value is -6.86. The van der Waals surface area contributed by atoms with E-state index in [0.717, 1.165) is 29.8 Å². The van der Waals surface area contributed by atoms with E-state index in [0.29, 0.717) is 60.9 Å². The largest absolute Gasteiger partial charge is 0.416 e. The average Bonchev–Trinajstić information content (AvgIpc) is 3.69. The van der Waals surface area contributed by atoms with E-state index in [4.69, 9.17) is 4.98 Å². The first-order valence-corrected chi connectivity index (χ1v) is 16.8. The van der Waals surface area contributed by atoms with Crippen LogP contribution in [0, 0.1) is 11.3 Å². The van der Waals surface area contributed by atoms with Crippen LogP contribution < -0.4 is 0 Å². The molecule has 4 nitrogen and oxygen atoms in total. The van der Waals surface area contributed by atoms with E-state index in [-0.39, 0.29) is 16.6 Å². The number of alkyl halides is 6. The molecule has 0 atom stereocenters. The number of rotatable bonds is 4. The third-order valence-electron chi connectivity index (χ3n) is 9.81. The highest BCUT2D eigenvalue weighted by molar-refractivity contribution is 6.12. The zero-order chi connectivity index (χ0) is 37.4. The predicted molar refractivity (Wildman–Crippen MR) is 199 cm³/mol. The fourth-order valence-corrected chi connectivity index (χ4v) is 7.41. The first kappa shape index (κ1) is 33.0. The second kappa shape index (κ2) is 12.1. The molecular formula is C44H24F6N4. The molecule has 0 aliphatic carbocycles. The molecule has 9 aromatic rings. The third kappa shape index (κ3) is 5.27. The van der Waals surface area contributed by atoms with Crippen LogP contribution in [0.25, 0.3) is 77.5 Å². The second-order valence-corrected chi connectivity index (χ2v) is 12.9. The van der Waals surface area contributed by atoms with Gasteiger partial charge in [0.25, 0.3) is 0 Å². The first-order valence-electron chi connectivity index (χ1n) is 16.8. The van der Waals surface area contributed by atoms with Gasteiger partial charge in [-0.25, -0.2) is 4.98 Å². The Kier molecular flexibility index (Phi) is 7.40. The Morgan fingerprint density at radius 3 is 1.48 bits per heavy atom. The molecule has 54 heavy (non-hydrogen) atoms. The molecule has 0 saturated carbocycles. The smallest absolute Gasteiger partial charge is 0.307 e. The zero-order valence-corrected chi connectivity index (χ0v) is 27.9. The van der Waals surface area contributed by atoms with Crippen molar-refractivity contribution in [1.29, 1.82) is 5.26 Å². The van der Waals surface area contributed by atoms with Crippen molar-refractivity contribution in [3.8, 4) is 40.0 Å². The Morgan fingerprint density at radius 2 is 0.944 bits per heavy atom. The van der Waals surface area contributed by atoms with Crippen LogP contribution in [0.15, 0.2) is 146 Å². The molecule has 0 spiro atoms. The quantitative estimate of drug-likeness (QED) is 0.170. The molecule has 3 aromatic heterocycles. The maximum Gasteiger partial charge on any atom is 0.416 e. The maximum absolute atomic E-state index is 14.3. The first-order chi connectivity index (χ1) is 26.0. The number of pyridine rings is 1. The molecule has 3 heterocycles. The number of para-hydroxylation sites is 2. The van der Waals surface area contributed by atoms with Gasteiger partial charge in [-0.1, -0.05) is 84.9 Å². The lowest BCUT2D eigenvalue weighted by molar-refractivity contribution is -0.138. The molecule has 0 fully saturated rings. The summed E-state index contributed by atoms with van der Waals surface area (Å²) in [6.45, 7) is 0. The summed E-state index contributed by atoms with van der Waals surface area (Å²) in [5, 5.41) is 13.1. The van der Waals surface area contributed by atoms with Gasteiger partial charge in [-0.05, 0) is 60.7 Å². The van der Waals surface area contributed by atoms with Crippen LogP contribution in [-0.4, -0.2) is 14.1 Å². The molecule has 9 rings (SSSR count). The highest BCUT2D eigenvalue weighted by Gasteiger charge is 2.33. The van der Waals surface area contributed by atoms with Crippen molar-refractivity contribution in [1.82, 2.24) is 14.1 Å². The number of hydrogen-bond donors (Lipinski definition) is 0. The normalized spacial score (nSPS) is 12.2. The van der Waals surface area contributed by atoms with Gasteiger partial charge in [0, 0.05) is 32.7 Å². The van der Waals surface area contributed by atoms with Crippen LogP contribution in [0.2, 0.25) is 0 Å². The molecular weight excluding hydrogens is 698 g/mol. The van der Waals surface area contributed by atoms with E-state index in [2.05, 4.69) is 6.07 Å². The Balaban J connectivity index is 1.45. The number of hydrogen-bond acceptors (Lipinski definition) is 2. The zero-order valence-electron chi connectivity index (χ0n) is 27.9. The summed E-state index contributed by atoms with van der Waals surface area (Å²) in [6, 6.07) is 41.7. The monoisotopic (exact) mass is 722 g/mol. The third-order valence-corrected chi connectivity index (χ3v) is 9.81. The van der Waals surface area contributed by atoms with Gasteiger partial charge in [-0.2, -0.15) is 31.6 Å². The molecule has 6 aromatic carbocycles. The molecule has 0 unspecified atom stereocenters. The van der Waals surface area contributed by atoms with Crippen molar-refractivity contribution in [3.63, 3.8) is 0 Å². The average molecular weight is 723 g/mol. The lowest BCUT2D eigenvalue weighted by Gasteiger charge is -2.20. The van der Waals surface area contributed by atoms with Crippen LogP contribution in [0.3, 0.4) is 0 Å². The van der Waals surface area contributed by atoms with E-state index in [1.165, 1.54) is 12.1 Å². The van der Waals surface area contributed by atoms with Crippen LogP contribution in [0.1, 0.15) is 16.7 Å². The van der Waals surface area contributed by atoms with Gasteiger partial charge in [0.1, 0.15) is 0 Å². The summed E-state index contributed by atoms with van der Waals surface area (Å²) in [7, 11) is 0.